The molecule has 0 fully saturated rings. The van der Waals surface area contributed by atoms with Crippen LogP contribution in [-0.4, -0.2) is 37.1 Å². The number of likely N-dealkylation sites (N-methyl/N-ethyl adjacent to an activating group) is 1. The Hall–Kier alpha value is -2.24. The summed E-state index contributed by atoms with van der Waals surface area (Å²) in [5.41, 5.74) is 6.90. The molecule has 0 aliphatic rings. The number of anilines is 2. The first-order valence-corrected chi connectivity index (χ1v) is 6.06. The molecule has 104 valence electrons. The van der Waals surface area contributed by atoms with Gasteiger partial charge in [-0.15, -0.1) is 0 Å². The number of rotatable bonds is 6. The molecule has 1 aromatic rings. The van der Waals surface area contributed by atoms with Crippen molar-refractivity contribution in [2.45, 2.75) is 13.3 Å². The first-order valence-electron chi connectivity index (χ1n) is 6.06. The van der Waals surface area contributed by atoms with Gasteiger partial charge < -0.3 is 21.1 Å². The van der Waals surface area contributed by atoms with E-state index >= 15 is 0 Å². The summed E-state index contributed by atoms with van der Waals surface area (Å²) >= 11 is 0. The summed E-state index contributed by atoms with van der Waals surface area (Å²) in [6.07, 6.45) is 0.880. The normalized spacial score (nSPS) is 10.0. The molecule has 1 aromatic carbocycles. The highest BCUT2D eigenvalue weighted by Crippen LogP contribution is 2.23. The highest BCUT2D eigenvalue weighted by Gasteiger charge is 2.12. The van der Waals surface area contributed by atoms with Crippen LogP contribution in [-0.2, 0) is 4.79 Å². The maximum atomic E-state index is 11.6. The fourth-order valence-corrected chi connectivity index (χ4v) is 1.66. The Morgan fingerprint density at radius 3 is 2.63 bits per heavy atom. The number of carbonyl (C=O) groups is 2. The van der Waals surface area contributed by atoms with Gasteiger partial charge in [-0.05, 0) is 24.6 Å². The first kappa shape index (κ1) is 14.8. The van der Waals surface area contributed by atoms with Crippen LogP contribution in [0.2, 0.25) is 0 Å². The Kier molecular flexibility index (Phi) is 5.17. The number of carboxylic acids is 1. The lowest BCUT2D eigenvalue weighted by Gasteiger charge is -2.20. The van der Waals surface area contributed by atoms with Crippen LogP contribution in [0.3, 0.4) is 0 Å². The number of nitrogen functional groups attached to an aromatic ring is 1. The molecule has 0 radical (unpaired) electrons. The molecule has 6 nitrogen and oxygen atoms in total. The van der Waals surface area contributed by atoms with Gasteiger partial charge in [-0.25, -0.2) is 4.79 Å². The van der Waals surface area contributed by atoms with Crippen molar-refractivity contribution in [2.24, 2.45) is 0 Å². The quantitative estimate of drug-likeness (QED) is 0.665. The lowest BCUT2D eigenvalue weighted by atomic mass is 10.1. The largest absolute Gasteiger partial charge is 0.478 e. The second-order valence-corrected chi connectivity index (χ2v) is 4.28. The average molecular weight is 265 g/mol. The number of nitrogens with two attached hydrogens (primary N) is 1. The average Bonchev–Trinajstić information content (AvgIpc) is 2.35. The number of carbonyl (C=O) groups excluding carboxylic acids is 1. The van der Waals surface area contributed by atoms with Crippen LogP contribution in [0.15, 0.2) is 18.2 Å². The monoisotopic (exact) mass is 265 g/mol. The third-order valence-electron chi connectivity index (χ3n) is 2.64. The van der Waals surface area contributed by atoms with E-state index in [1.165, 1.54) is 12.1 Å². The van der Waals surface area contributed by atoms with Crippen LogP contribution in [0.25, 0.3) is 0 Å². The second-order valence-electron chi connectivity index (χ2n) is 4.28. The van der Waals surface area contributed by atoms with E-state index in [0.29, 0.717) is 17.9 Å². The molecule has 6 heteroatoms. The van der Waals surface area contributed by atoms with Gasteiger partial charge in [0.1, 0.15) is 0 Å². The van der Waals surface area contributed by atoms with Crippen LogP contribution in [0, 0.1) is 0 Å². The predicted molar refractivity (Wildman–Crippen MR) is 74.4 cm³/mol. The van der Waals surface area contributed by atoms with Gasteiger partial charge in [-0.2, -0.15) is 0 Å². The van der Waals surface area contributed by atoms with Crippen molar-refractivity contribution in [3.8, 4) is 0 Å². The van der Waals surface area contributed by atoms with Gasteiger partial charge in [0.15, 0.2) is 0 Å². The topological polar surface area (TPSA) is 95.7 Å². The molecule has 0 bridgehead atoms. The van der Waals surface area contributed by atoms with Crippen molar-refractivity contribution < 1.29 is 14.7 Å². The number of amides is 1. The standard InChI is InChI=1S/C13H19N3O3/c1-3-6-15-12(17)8-16(2)11-5-4-9(13(18)19)7-10(11)14/h4-5,7H,3,6,8,14H2,1-2H3,(H,15,17)(H,18,19). The minimum absolute atomic E-state index is 0.0916. The smallest absolute Gasteiger partial charge is 0.335 e. The molecule has 4 N–H and O–H groups in total. The van der Waals surface area contributed by atoms with Crippen LogP contribution in [0.5, 0.6) is 0 Å². The molecule has 1 amide bonds. The van der Waals surface area contributed by atoms with E-state index in [-0.39, 0.29) is 18.0 Å². The van der Waals surface area contributed by atoms with Crippen LogP contribution >= 0.6 is 0 Å². The Balaban J connectivity index is 2.74. The maximum absolute atomic E-state index is 11.6. The summed E-state index contributed by atoms with van der Waals surface area (Å²) in [6, 6.07) is 4.46. The summed E-state index contributed by atoms with van der Waals surface area (Å²) in [4.78, 5) is 24.1. The number of hydrogen-bond donors (Lipinski definition) is 3. The van der Waals surface area contributed by atoms with Crippen molar-refractivity contribution in [3.63, 3.8) is 0 Å². The Morgan fingerprint density at radius 1 is 1.42 bits per heavy atom. The highest BCUT2D eigenvalue weighted by atomic mass is 16.4. The van der Waals surface area contributed by atoms with Crippen molar-refractivity contribution in [2.75, 3.05) is 30.8 Å². The van der Waals surface area contributed by atoms with E-state index < -0.39 is 5.97 Å². The van der Waals surface area contributed by atoms with E-state index in [0.717, 1.165) is 6.42 Å². The van der Waals surface area contributed by atoms with E-state index in [1.807, 2.05) is 6.92 Å². The Labute approximate surface area is 112 Å². The molecule has 0 aliphatic heterocycles. The molecule has 0 atom stereocenters. The fraction of sp³-hybridized carbons (Fsp3) is 0.385. The molecule has 1 rings (SSSR count). The molecule has 0 heterocycles. The summed E-state index contributed by atoms with van der Waals surface area (Å²) in [7, 11) is 1.73. The van der Waals surface area contributed by atoms with Gasteiger partial charge in [-0.1, -0.05) is 6.92 Å². The molecule has 0 spiro atoms. The van der Waals surface area contributed by atoms with Crippen molar-refractivity contribution in [1.82, 2.24) is 5.32 Å². The number of nitrogens with one attached hydrogen (secondary N) is 1. The zero-order valence-corrected chi connectivity index (χ0v) is 11.1. The van der Waals surface area contributed by atoms with E-state index in [4.69, 9.17) is 10.8 Å². The number of carboxylic acid groups (broad SMARTS) is 1. The minimum atomic E-state index is -1.03. The number of nitrogens with zero attached hydrogens (tertiary/aromatic N) is 1. The molecule has 0 saturated carbocycles. The Morgan fingerprint density at radius 2 is 2.11 bits per heavy atom. The zero-order chi connectivity index (χ0) is 14.4. The molecule has 0 saturated heterocycles. The van der Waals surface area contributed by atoms with Crippen LogP contribution in [0.4, 0.5) is 11.4 Å². The SMILES string of the molecule is CCCNC(=O)CN(C)c1ccc(C(=O)O)cc1N. The lowest BCUT2D eigenvalue weighted by Crippen LogP contribution is -2.35. The van der Waals surface area contributed by atoms with Crippen LogP contribution < -0.4 is 16.0 Å². The van der Waals surface area contributed by atoms with Crippen LogP contribution in [0.1, 0.15) is 23.7 Å². The van der Waals surface area contributed by atoms with Gasteiger partial charge in [0.05, 0.1) is 23.5 Å². The minimum Gasteiger partial charge on any atom is -0.478 e. The lowest BCUT2D eigenvalue weighted by molar-refractivity contribution is -0.119. The van der Waals surface area contributed by atoms with Gasteiger partial charge in [-0.3, -0.25) is 4.79 Å². The zero-order valence-electron chi connectivity index (χ0n) is 11.1. The second kappa shape index (κ2) is 6.63. The van der Waals surface area contributed by atoms with Gasteiger partial charge in [0, 0.05) is 13.6 Å². The van der Waals surface area contributed by atoms with E-state index in [2.05, 4.69) is 5.32 Å². The number of aromatic carboxylic acids is 1. The molecule has 0 unspecified atom stereocenters. The predicted octanol–water partition coefficient (Wildman–Crippen LogP) is 0.929. The maximum Gasteiger partial charge on any atom is 0.335 e. The molecular formula is C13H19N3O3. The summed E-state index contributed by atoms with van der Waals surface area (Å²) in [6.45, 7) is 2.79. The third-order valence-corrected chi connectivity index (χ3v) is 2.64. The van der Waals surface area contributed by atoms with E-state index in [9.17, 15) is 9.59 Å². The third kappa shape index (κ3) is 4.17. The van der Waals surface area contributed by atoms with Crippen molar-refractivity contribution >= 4 is 23.3 Å². The first-order chi connectivity index (χ1) is 8.95. The van der Waals surface area contributed by atoms with Crippen molar-refractivity contribution in [3.05, 3.63) is 23.8 Å². The summed E-state index contributed by atoms with van der Waals surface area (Å²) < 4.78 is 0. The number of hydrogen-bond acceptors (Lipinski definition) is 4. The van der Waals surface area contributed by atoms with E-state index in [1.54, 1.807) is 18.0 Å². The molecular weight excluding hydrogens is 246 g/mol. The highest BCUT2D eigenvalue weighted by molar-refractivity contribution is 5.91. The van der Waals surface area contributed by atoms with Crippen molar-refractivity contribution in [1.29, 1.82) is 0 Å². The number of benzene rings is 1. The molecule has 19 heavy (non-hydrogen) atoms. The summed E-state index contributed by atoms with van der Waals surface area (Å²) in [5.74, 6) is -1.12. The Bertz CT molecular complexity index is 474. The summed E-state index contributed by atoms with van der Waals surface area (Å²) in [5, 5.41) is 11.6. The van der Waals surface area contributed by atoms with Gasteiger partial charge in [0.25, 0.3) is 0 Å². The molecule has 0 aromatic heterocycles. The van der Waals surface area contributed by atoms with Gasteiger partial charge >= 0.3 is 5.97 Å². The molecule has 0 aliphatic carbocycles. The fourth-order valence-electron chi connectivity index (χ4n) is 1.66. The van der Waals surface area contributed by atoms with Gasteiger partial charge in [0.2, 0.25) is 5.91 Å².